The number of methoxy groups -OCH3 is 2. The Labute approximate surface area is 412 Å². The van der Waals surface area contributed by atoms with Gasteiger partial charge < -0.3 is 77.9 Å². The number of allylic oxidation sites excluding steroid dienone is 2. The predicted octanol–water partition coefficient (Wildman–Crippen LogP) is 6.37. The van der Waals surface area contributed by atoms with Gasteiger partial charge in [0.2, 0.25) is 11.8 Å². The molecule has 0 saturated carbocycles. The topological polar surface area (TPSA) is 204 Å². The largest absolute Gasteiger partial charge is 0.497 e. The van der Waals surface area contributed by atoms with E-state index in [9.17, 15) is 9.59 Å². The smallest absolute Gasteiger partial charge is 0.236 e. The maximum atomic E-state index is 11.4. The van der Waals surface area contributed by atoms with Gasteiger partial charge in [-0.1, -0.05) is 52.0 Å². The van der Waals surface area contributed by atoms with Crippen molar-refractivity contribution in [3.8, 4) is 11.5 Å². The minimum absolute atomic E-state index is 0.0195. The van der Waals surface area contributed by atoms with Crippen molar-refractivity contribution in [1.82, 2.24) is 10.6 Å². The van der Waals surface area contributed by atoms with Crippen LogP contribution >= 0.6 is 0 Å². The van der Waals surface area contributed by atoms with Gasteiger partial charge in [0, 0.05) is 26.6 Å². The molecule has 0 aliphatic heterocycles. The Kier molecular flexibility index (Phi) is 38.5. The molecule has 396 valence electrons. The van der Waals surface area contributed by atoms with Gasteiger partial charge in [-0.05, 0) is 93.5 Å². The van der Waals surface area contributed by atoms with Gasteiger partial charge in [0.05, 0.1) is 106 Å². The van der Waals surface area contributed by atoms with E-state index < -0.39 is 12.3 Å². The average molecular weight is 982 g/mol. The number of nitrogens with two attached hydrogens (primary N) is 1. The van der Waals surface area contributed by atoms with Gasteiger partial charge in [0.15, 0.2) is 25.2 Å². The molecule has 5 unspecified atom stereocenters. The minimum atomic E-state index is -0.457. The van der Waals surface area contributed by atoms with Crippen LogP contribution in [0.25, 0.3) is 11.1 Å². The fraction of sp³-hybridized carbons (Fsp3) is 0.686. The third-order valence-electron chi connectivity index (χ3n) is 10.0. The summed E-state index contributed by atoms with van der Waals surface area (Å²) < 4.78 is 71.0. The van der Waals surface area contributed by atoms with Gasteiger partial charge in [-0.2, -0.15) is 0 Å². The molecule has 2 aromatic rings. The molecule has 5 atom stereocenters. The lowest BCUT2D eigenvalue weighted by molar-refractivity contribution is -0.151. The normalized spacial score (nSPS) is 13.8. The number of amides is 2. The molecule has 0 fully saturated rings. The molecule has 0 bridgehead atoms. The highest BCUT2D eigenvalue weighted by atomic mass is 16.7. The molecular formula is C51H87N3O15. The Morgan fingerprint density at radius 3 is 1.23 bits per heavy atom. The molecule has 18 nitrogen and oxygen atoms in total. The Bertz CT molecular complexity index is 1590. The zero-order valence-corrected chi connectivity index (χ0v) is 43.3. The quantitative estimate of drug-likeness (QED) is 0.0376. The highest BCUT2D eigenvalue weighted by molar-refractivity contribution is 5.90. The summed E-state index contributed by atoms with van der Waals surface area (Å²) in [5.41, 5.74) is 10.7. The first-order chi connectivity index (χ1) is 33.4. The second kappa shape index (κ2) is 42.0. The van der Waals surface area contributed by atoms with Gasteiger partial charge in [-0.25, -0.2) is 0 Å². The molecule has 0 aliphatic rings. The summed E-state index contributed by atoms with van der Waals surface area (Å²) in [5.74, 6) is 1.48. The van der Waals surface area contributed by atoms with Gasteiger partial charge in [0.25, 0.3) is 0 Å². The van der Waals surface area contributed by atoms with Crippen molar-refractivity contribution in [3.63, 3.8) is 0 Å². The molecule has 2 rings (SSSR count). The first-order valence-electron chi connectivity index (χ1n) is 24.4. The number of rotatable bonds is 41. The van der Waals surface area contributed by atoms with Crippen molar-refractivity contribution in [2.45, 2.75) is 112 Å². The van der Waals surface area contributed by atoms with Crippen molar-refractivity contribution >= 4 is 23.0 Å². The summed E-state index contributed by atoms with van der Waals surface area (Å²) in [6.45, 7) is 22.5. The molecule has 0 radical (unpaired) electrons. The average Bonchev–Trinajstić information content (AvgIpc) is 3.36. The molecule has 0 heterocycles. The molecule has 18 heteroatoms. The van der Waals surface area contributed by atoms with Gasteiger partial charge in [-0.15, -0.1) is 0 Å². The molecule has 69 heavy (non-hydrogen) atoms. The van der Waals surface area contributed by atoms with Crippen LogP contribution < -0.4 is 25.8 Å². The number of nitrogens with one attached hydrogen (secondary N) is 2. The fourth-order valence-electron chi connectivity index (χ4n) is 6.10. The molecule has 2 amide bonds. The van der Waals surface area contributed by atoms with Crippen LogP contribution in [0.4, 0.5) is 0 Å². The number of hydrogen-bond donors (Lipinski definition) is 3. The lowest BCUT2D eigenvalue weighted by Gasteiger charge is -2.17. The number of ether oxygens (including phenoxy) is 13. The van der Waals surface area contributed by atoms with E-state index in [1.165, 1.54) is 22.3 Å². The first kappa shape index (κ1) is 63.3. The Hall–Kier alpha value is -3.76. The van der Waals surface area contributed by atoms with Crippen LogP contribution in [0.2, 0.25) is 0 Å². The van der Waals surface area contributed by atoms with Crippen molar-refractivity contribution in [2.75, 3.05) is 120 Å². The van der Waals surface area contributed by atoms with Crippen LogP contribution in [0.5, 0.6) is 11.5 Å². The van der Waals surface area contributed by atoms with Gasteiger partial charge in [-0.3, -0.25) is 9.59 Å². The SMILES string of the molecule is CCC(=O)NCCOCCOC(C)OCCOCCOC(C)Oc1ccc(/C(CC)=C(\CC)c2ccc(OC)cc2)cc1.CCC(N)C(=O)NCCOCCOC(C)OCCOCCOC(C)OC. The van der Waals surface area contributed by atoms with Crippen LogP contribution in [-0.2, 0) is 61.7 Å². The molecule has 0 spiro atoms. The van der Waals surface area contributed by atoms with Crippen LogP contribution in [0.1, 0.15) is 92.2 Å². The van der Waals surface area contributed by atoms with Crippen molar-refractivity contribution < 1.29 is 71.2 Å². The van der Waals surface area contributed by atoms with Gasteiger partial charge >= 0.3 is 0 Å². The number of carbonyl (C=O) groups is 2. The number of benzene rings is 2. The molecule has 0 saturated heterocycles. The van der Waals surface area contributed by atoms with E-state index in [0.29, 0.717) is 118 Å². The van der Waals surface area contributed by atoms with Crippen LogP contribution in [0.3, 0.4) is 0 Å². The van der Waals surface area contributed by atoms with Crippen molar-refractivity contribution in [2.24, 2.45) is 5.73 Å². The predicted molar refractivity (Wildman–Crippen MR) is 266 cm³/mol. The zero-order chi connectivity index (χ0) is 50.9. The van der Waals surface area contributed by atoms with Gasteiger partial charge in [0.1, 0.15) is 11.5 Å². The summed E-state index contributed by atoms with van der Waals surface area (Å²) in [4.78, 5) is 22.6. The monoisotopic (exact) mass is 982 g/mol. The Morgan fingerprint density at radius 1 is 0.478 bits per heavy atom. The van der Waals surface area contributed by atoms with E-state index in [1.807, 2.05) is 65.8 Å². The molecule has 4 N–H and O–H groups in total. The number of carbonyl (C=O) groups excluding carboxylic acids is 2. The maximum Gasteiger partial charge on any atom is 0.236 e. The summed E-state index contributed by atoms with van der Waals surface area (Å²) in [7, 11) is 3.27. The van der Waals surface area contributed by atoms with Crippen LogP contribution in [0, 0.1) is 0 Å². The Morgan fingerprint density at radius 2 is 0.855 bits per heavy atom. The summed E-state index contributed by atoms with van der Waals surface area (Å²) in [6, 6.07) is 16.0. The third kappa shape index (κ3) is 32.0. The first-order valence-corrected chi connectivity index (χ1v) is 24.4. The van der Waals surface area contributed by atoms with Crippen molar-refractivity contribution in [3.05, 3.63) is 59.7 Å². The summed E-state index contributed by atoms with van der Waals surface area (Å²) >= 11 is 0. The van der Waals surface area contributed by atoms with E-state index >= 15 is 0 Å². The summed E-state index contributed by atoms with van der Waals surface area (Å²) in [6.07, 6.45) is 1.64. The second-order valence-corrected chi connectivity index (χ2v) is 15.2. The third-order valence-corrected chi connectivity index (χ3v) is 10.0. The van der Waals surface area contributed by atoms with E-state index in [1.54, 1.807) is 14.2 Å². The molecule has 0 aromatic heterocycles. The van der Waals surface area contributed by atoms with E-state index in [4.69, 9.17) is 67.3 Å². The lowest BCUT2D eigenvalue weighted by atomic mass is 9.91. The van der Waals surface area contributed by atoms with E-state index in [2.05, 4.69) is 48.7 Å². The summed E-state index contributed by atoms with van der Waals surface area (Å²) in [5, 5.41) is 5.46. The Balaban J connectivity index is 0.000000784. The number of hydrogen-bond acceptors (Lipinski definition) is 16. The van der Waals surface area contributed by atoms with Crippen LogP contribution in [-0.4, -0.2) is 163 Å². The second-order valence-electron chi connectivity index (χ2n) is 15.2. The van der Waals surface area contributed by atoms with E-state index in [0.717, 1.165) is 24.3 Å². The lowest BCUT2D eigenvalue weighted by Crippen LogP contribution is -2.41. The minimum Gasteiger partial charge on any atom is -0.497 e. The highest BCUT2D eigenvalue weighted by Crippen LogP contribution is 2.33. The molecular weight excluding hydrogens is 895 g/mol. The van der Waals surface area contributed by atoms with Crippen molar-refractivity contribution in [1.29, 1.82) is 0 Å². The fourth-order valence-corrected chi connectivity index (χ4v) is 6.10. The standard InChI is InChI=1S/C34H51NO8.C17H36N2O7/c1-7-32(28-10-14-30(37-6)15-11-28)33(8-2)29-12-16-31(17-13-29)43-27(5)42-25-22-39-21-24-41-26(4)40-23-20-38-19-18-35-34(36)9-3;1-5-16(18)17(20)19-6-7-22-8-12-25-15(3)26-13-10-23-9-11-24-14(2)21-4/h10-17,26-27H,7-9,18-25H2,1-6H3,(H,35,36);14-16H,5-13,18H2,1-4H3,(H,19,20)/b33-32+;. The maximum absolute atomic E-state index is 11.4. The van der Waals surface area contributed by atoms with Crippen LogP contribution in [0.15, 0.2) is 48.5 Å². The molecule has 0 aliphatic carbocycles. The molecule has 2 aromatic carbocycles. The zero-order valence-electron chi connectivity index (χ0n) is 43.3. The highest BCUT2D eigenvalue weighted by Gasteiger charge is 2.12. The van der Waals surface area contributed by atoms with E-state index in [-0.39, 0.29) is 30.7 Å².